The largest absolute Gasteiger partial charge is 0.465 e. The van der Waals surface area contributed by atoms with Crippen molar-refractivity contribution in [3.63, 3.8) is 0 Å². The molecule has 0 radical (unpaired) electrons. The molecule has 0 unspecified atom stereocenters. The number of hydrogen-bond donors (Lipinski definition) is 0. The summed E-state index contributed by atoms with van der Waals surface area (Å²) in [5.41, 5.74) is 5.33. The minimum Gasteiger partial charge on any atom is -0.465 e. The van der Waals surface area contributed by atoms with E-state index in [4.69, 9.17) is 9.47 Å². The van der Waals surface area contributed by atoms with E-state index in [9.17, 15) is 9.59 Å². The number of benzene rings is 3. The lowest BCUT2D eigenvalue weighted by atomic mass is 9.89. The van der Waals surface area contributed by atoms with Crippen LogP contribution in [0.2, 0.25) is 0 Å². The average molecular weight is 437 g/mol. The Morgan fingerprint density at radius 1 is 0.750 bits per heavy atom. The molecule has 0 saturated heterocycles. The minimum absolute atomic E-state index is 0.372. The first-order valence-corrected chi connectivity index (χ1v) is 9.41. The zero-order chi connectivity index (χ0) is 20.3. The van der Waals surface area contributed by atoms with Crippen LogP contribution in [0.25, 0.3) is 22.3 Å². The van der Waals surface area contributed by atoms with Crippen LogP contribution in [-0.4, -0.2) is 34.0 Å². The molecule has 0 saturated carbocycles. The second-order valence-electron chi connectivity index (χ2n) is 6.30. The van der Waals surface area contributed by atoms with Crippen LogP contribution in [0.15, 0.2) is 65.1 Å². The van der Waals surface area contributed by atoms with E-state index in [-0.39, 0.29) is 5.97 Å². The Kier molecular flexibility index (Phi) is 6.00. The van der Waals surface area contributed by atoms with Crippen molar-refractivity contribution < 1.29 is 19.1 Å². The molecule has 0 aliphatic carbocycles. The summed E-state index contributed by atoms with van der Waals surface area (Å²) >= 11 is 3.39. The third-order valence-corrected chi connectivity index (χ3v) is 4.97. The van der Waals surface area contributed by atoms with E-state index in [0.717, 1.165) is 32.2 Å². The molecule has 0 aromatic heterocycles. The molecule has 0 atom stereocenters. The van der Waals surface area contributed by atoms with Gasteiger partial charge in [-0.25, -0.2) is 9.59 Å². The van der Waals surface area contributed by atoms with Crippen LogP contribution >= 0.6 is 15.9 Å². The molecule has 4 nitrogen and oxygen atoms in total. The van der Waals surface area contributed by atoms with Gasteiger partial charge in [0.1, 0.15) is 7.85 Å². The Morgan fingerprint density at radius 3 is 1.71 bits per heavy atom. The Hall–Kier alpha value is -2.86. The molecule has 0 bridgehead atoms. The Balaban J connectivity index is 2.05. The molecular formula is C22H18BBrO4. The number of carbonyl (C=O) groups excluding carboxylic acids is 2. The third kappa shape index (κ3) is 4.02. The zero-order valence-corrected chi connectivity index (χ0v) is 17.4. The topological polar surface area (TPSA) is 52.6 Å². The SMILES string of the molecule is Bc1ccc(-c2ccc(-c3ccc(Br)cc3C(=O)OC)cc2)c(C(=O)OC)c1. The van der Waals surface area contributed by atoms with Crippen LogP contribution < -0.4 is 5.46 Å². The summed E-state index contributed by atoms with van der Waals surface area (Å²) in [6.45, 7) is 0. The van der Waals surface area contributed by atoms with Gasteiger partial charge >= 0.3 is 11.9 Å². The molecule has 0 aliphatic heterocycles. The summed E-state index contributed by atoms with van der Waals surface area (Å²) in [4.78, 5) is 24.3. The van der Waals surface area contributed by atoms with Gasteiger partial charge in [-0.1, -0.05) is 69.9 Å². The van der Waals surface area contributed by atoms with E-state index in [0.29, 0.717) is 11.1 Å². The van der Waals surface area contributed by atoms with E-state index in [1.54, 1.807) is 6.07 Å². The standard InChI is InChI=1S/C22H18BBrO4/c1-27-21(25)19-11-15(23)7-9-17(19)13-3-5-14(6-4-13)18-10-8-16(24)12-20(18)22(26)28-2/h3-12H,23H2,1-2H3. The van der Waals surface area contributed by atoms with Gasteiger partial charge in [-0.2, -0.15) is 0 Å². The van der Waals surface area contributed by atoms with E-state index in [2.05, 4.69) is 15.9 Å². The predicted octanol–water partition coefficient (Wildman–Crippen LogP) is 3.61. The number of esters is 2. The van der Waals surface area contributed by atoms with Gasteiger partial charge in [0.2, 0.25) is 0 Å². The van der Waals surface area contributed by atoms with Gasteiger partial charge in [0.15, 0.2) is 0 Å². The number of ether oxygens (including phenoxy) is 2. The summed E-state index contributed by atoms with van der Waals surface area (Å²) in [7, 11) is 4.67. The van der Waals surface area contributed by atoms with E-state index < -0.39 is 5.97 Å². The molecular weight excluding hydrogens is 419 g/mol. The monoisotopic (exact) mass is 436 g/mol. The van der Waals surface area contributed by atoms with E-state index in [1.165, 1.54) is 14.2 Å². The van der Waals surface area contributed by atoms with Crippen molar-refractivity contribution >= 4 is 41.2 Å². The van der Waals surface area contributed by atoms with Crippen molar-refractivity contribution in [1.82, 2.24) is 0 Å². The van der Waals surface area contributed by atoms with Gasteiger partial charge in [0.05, 0.1) is 25.3 Å². The first-order valence-electron chi connectivity index (χ1n) is 8.62. The fraction of sp³-hybridized carbons (Fsp3) is 0.0909. The summed E-state index contributed by atoms with van der Waals surface area (Å²) in [5, 5.41) is 0. The fourth-order valence-corrected chi connectivity index (χ4v) is 3.43. The van der Waals surface area contributed by atoms with Gasteiger partial charge in [-0.05, 0) is 34.4 Å². The van der Waals surface area contributed by atoms with Crippen LogP contribution in [0.3, 0.4) is 0 Å². The van der Waals surface area contributed by atoms with Gasteiger partial charge in [0.25, 0.3) is 0 Å². The highest BCUT2D eigenvalue weighted by Gasteiger charge is 2.16. The van der Waals surface area contributed by atoms with Crippen molar-refractivity contribution in [3.05, 3.63) is 76.3 Å². The van der Waals surface area contributed by atoms with E-state index >= 15 is 0 Å². The molecule has 0 heterocycles. The van der Waals surface area contributed by atoms with Crippen LogP contribution in [-0.2, 0) is 9.47 Å². The maximum atomic E-state index is 12.2. The van der Waals surface area contributed by atoms with Crippen molar-refractivity contribution in [2.45, 2.75) is 0 Å². The summed E-state index contributed by atoms with van der Waals surface area (Å²) in [5.74, 6) is -0.768. The normalized spacial score (nSPS) is 10.4. The van der Waals surface area contributed by atoms with E-state index in [1.807, 2.05) is 62.4 Å². The highest BCUT2D eigenvalue weighted by atomic mass is 79.9. The zero-order valence-electron chi connectivity index (χ0n) is 15.8. The molecule has 6 heteroatoms. The second-order valence-corrected chi connectivity index (χ2v) is 7.22. The molecule has 0 amide bonds. The Bertz CT molecular complexity index is 960. The van der Waals surface area contributed by atoms with Crippen molar-refractivity contribution in [1.29, 1.82) is 0 Å². The quantitative estimate of drug-likeness (QED) is 0.463. The van der Waals surface area contributed by atoms with Crippen LogP contribution in [0, 0.1) is 0 Å². The number of methoxy groups -OCH3 is 2. The summed E-state index contributed by atoms with van der Waals surface area (Å²) < 4.78 is 10.6. The maximum Gasteiger partial charge on any atom is 0.338 e. The Labute approximate surface area is 173 Å². The summed E-state index contributed by atoms with van der Waals surface area (Å²) in [6.07, 6.45) is 0. The third-order valence-electron chi connectivity index (χ3n) is 4.47. The number of carbonyl (C=O) groups is 2. The molecule has 3 aromatic rings. The molecule has 140 valence electrons. The molecule has 3 aromatic carbocycles. The van der Waals surface area contributed by atoms with Gasteiger partial charge < -0.3 is 9.47 Å². The lowest BCUT2D eigenvalue weighted by molar-refractivity contribution is 0.0592. The molecule has 0 spiro atoms. The van der Waals surface area contributed by atoms with Crippen LogP contribution in [0.1, 0.15) is 20.7 Å². The number of hydrogen-bond acceptors (Lipinski definition) is 4. The lowest BCUT2D eigenvalue weighted by Crippen LogP contribution is -2.10. The number of halogens is 1. The van der Waals surface area contributed by atoms with Gasteiger partial charge in [0, 0.05) is 4.47 Å². The fourth-order valence-electron chi connectivity index (χ4n) is 3.07. The first-order chi connectivity index (χ1) is 13.4. The minimum atomic E-state index is -0.396. The molecule has 28 heavy (non-hydrogen) atoms. The van der Waals surface area contributed by atoms with Crippen LogP contribution in [0.5, 0.6) is 0 Å². The highest BCUT2D eigenvalue weighted by Crippen LogP contribution is 2.30. The first kappa shape index (κ1) is 19.9. The average Bonchev–Trinajstić information content (AvgIpc) is 2.72. The highest BCUT2D eigenvalue weighted by molar-refractivity contribution is 9.10. The molecule has 0 fully saturated rings. The van der Waals surface area contributed by atoms with Crippen molar-refractivity contribution in [2.75, 3.05) is 14.2 Å². The van der Waals surface area contributed by atoms with Crippen LogP contribution in [0.4, 0.5) is 0 Å². The lowest BCUT2D eigenvalue weighted by Gasteiger charge is -2.12. The summed E-state index contributed by atoms with van der Waals surface area (Å²) in [6, 6.07) is 18.9. The molecule has 0 aliphatic rings. The molecule has 0 N–H and O–H groups in total. The Morgan fingerprint density at radius 2 is 1.21 bits per heavy atom. The second kappa shape index (κ2) is 8.44. The van der Waals surface area contributed by atoms with Gasteiger partial charge in [-0.3, -0.25) is 0 Å². The maximum absolute atomic E-state index is 12.2. The smallest absolute Gasteiger partial charge is 0.338 e. The predicted molar refractivity (Wildman–Crippen MR) is 116 cm³/mol. The molecule has 3 rings (SSSR count). The van der Waals surface area contributed by atoms with Gasteiger partial charge in [-0.15, -0.1) is 0 Å². The van der Waals surface area contributed by atoms with Crippen molar-refractivity contribution in [2.24, 2.45) is 0 Å². The number of rotatable bonds is 4. The van der Waals surface area contributed by atoms with Crippen molar-refractivity contribution in [3.8, 4) is 22.3 Å².